The highest BCUT2D eigenvalue weighted by Gasteiger charge is 2.24. The number of rotatable bonds is 5. The first-order chi connectivity index (χ1) is 11.2. The van der Waals surface area contributed by atoms with Crippen molar-refractivity contribution in [1.29, 1.82) is 0 Å². The maximum Gasteiger partial charge on any atom is 0.292 e. The van der Waals surface area contributed by atoms with Gasteiger partial charge in [-0.05, 0) is 30.7 Å². The van der Waals surface area contributed by atoms with Crippen LogP contribution in [-0.2, 0) is 4.79 Å². The molecule has 0 saturated carbocycles. The predicted octanol–water partition coefficient (Wildman–Crippen LogP) is 3.99. The average molecular weight is 326 g/mol. The summed E-state index contributed by atoms with van der Waals surface area (Å²) in [6.07, 6.45) is 1.84. The van der Waals surface area contributed by atoms with Crippen LogP contribution in [-0.4, -0.2) is 18.2 Å². The van der Waals surface area contributed by atoms with Gasteiger partial charge < -0.3 is 10.6 Å². The number of Topliss-reactive ketones (excluding diaryl/α,β-unsaturated/α-hetero) is 1. The average Bonchev–Trinajstić information content (AvgIpc) is 2.59. The zero-order valence-electron chi connectivity index (χ0n) is 12.9. The number of hydrogen-bond acceptors (Lipinski definition) is 4. The topological polar surface area (TPSA) is 58.2 Å². The highest BCUT2D eigenvalue weighted by Crippen LogP contribution is 2.45. The van der Waals surface area contributed by atoms with E-state index in [0.717, 1.165) is 28.3 Å². The molecule has 2 aromatic carbocycles. The van der Waals surface area contributed by atoms with Gasteiger partial charge in [-0.25, -0.2) is 0 Å². The van der Waals surface area contributed by atoms with Gasteiger partial charge in [0.05, 0.1) is 16.9 Å². The van der Waals surface area contributed by atoms with Crippen LogP contribution in [0.4, 0.5) is 11.4 Å². The third-order valence-electron chi connectivity index (χ3n) is 3.66. The van der Waals surface area contributed by atoms with Crippen LogP contribution in [0.3, 0.4) is 0 Å². The van der Waals surface area contributed by atoms with Crippen molar-refractivity contribution in [2.45, 2.75) is 29.6 Å². The Labute approximate surface area is 139 Å². The van der Waals surface area contributed by atoms with Crippen molar-refractivity contribution in [2.75, 3.05) is 11.9 Å². The Morgan fingerprint density at radius 2 is 1.87 bits per heavy atom. The standard InChI is InChI=1S/C18H18N2O2S/c1-2-3-11-19-18(22)17(21)12-7-6-10-15-16(12)20-13-8-4-5-9-14(13)23-15/h4-10,20H,2-3,11H2,1H3,(H,19,22). The van der Waals surface area contributed by atoms with E-state index in [2.05, 4.69) is 10.6 Å². The van der Waals surface area contributed by atoms with E-state index in [1.807, 2.05) is 43.3 Å². The second-order valence-electron chi connectivity index (χ2n) is 5.34. The van der Waals surface area contributed by atoms with Crippen molar-refractivity contribution >= 4 is 34.8 Å². The number of fused-ring (bicyclic) bond motifs is 2. The maximum atomic E-state index is 12.5. The monoisotopic (exact) mass is 326 g/mol. The van der Waals surface area contributed by atoms with Crippen LogP contribution in [0.1, 0.15) is 30.1 Å². The van der Waals surface area contributed by atoms with Gasteiger partial charge in [0.2, 0.25) is 0 Å². The molecule has 0 aliphatic carbocycles. The number of unbranched alkanes of at least 4 members (excludes halogenated alkanes) is 1. The Hall–Kier alpha value is -2.27. The van der Waals surface area contributed by atoms with Crippen molar-refractivity contribution in [3.63, 3.8) is 0 Å². The number of benzene rings is 2. The van der Waals surface area contributed by atoms with Gasteiger partial charge in [-0.3, -0.25) is 9.59 Å². The number of carbonyl (C=O) groups excluding carboxylic acids is 2. The summed E-state index contributed by atoms with van der Waals surface area (Å²) in [6, 6.07) is 13.4. The number of ketones is 1. The normalized spacial score (nSPS) is 11.9. The second kappa shape index (κ2) is 6.87. The lowest BCUT2D eigenvalue weighted by atomic mass is 10.1. The van der Waals surface area contributed by atoms with Crippen molar-refractivity contribution in [1.82, 2.24) is 5.32 Å². The van der Waals surface area contributed by atoms with E-state index in [9.17, 15) is 9.59 Å². The van der Waals surface area contributed by atoms with E-state index >= 15 is 0 Å². The van der Waals surface area contributed by atoms with Crippen LogP contribution in [0, 0.1) is 0 Å². The molecule has 1 amide bonds. The van der Waals surface area contributed by atoms with Crippen molar-refractivity contribution in [3.05, 3.63) is 48.0 Å². The molecule has 0 spiro atoms. The molecule has 0 saturated heterocycles. The zero-order chi connectivity index (χ0) is 16.2. The first kappa shape index (κ1) is 15.6. The second-order valence-corrected chi connectivity index (χ2v) is 6.42. The van der Waals surface area contributed by atoms with Crippen LogP contribution >= 0.6 is 11.8 Å². The predicted molar refractivity (Wildman–Crippen MR) is 92.5 cm³/mol. The molecule has 1 heterocycles. The number of para-hydroxylation sites is 2. The van der Waals surface area contributed by atoms with Crippen molar-refractivity contribution in [3.8, 4) is 0 Å². The Morgan fingerprint density at radius 1 is 1.09 bits per heavy atom. The van der Waals surface area contributed by atoms with E-state index < -0.39 is 11.7 Å². The number of hydrogen-bond donors (Lipinski definition) is 2. The molecule has 0 bridgehead atoms. The minimum atomic E-state index is -0.544. The first-order valence-electron chi connectivity index (χ1n) is 7.70. The van der Waals surface area contributed by atoms with Crippen LogP contribution in [0.5, 0.6) is 0 Å². The number of nitrogens with one attached hydrogen (secondary N) is 2. The molecule has 118 valence electrons. The van der Waals surface area contributed by atoms with Gasteiger partial charge in [0.1, 0.15) is 0 Å². The molecule has 2 N–H and O–H groups in total. The van der Waals surface area contributed by atoms with Gasteiger partial charge in [-0.15, -0.1) is 0 Å². The number of carbonyl (C=O) groups is 2. The van der Waals surface area contributed by atoms with Crippen LogP contribution in [0.2, 0.25) is 0 Å². The third kappa shape index (κ3) is 3.24. The molecule has 3 rings (SSSR count). The summed E-state index contributed by atoms with van der Waals surface area (Å²) in [5.41, 5.74) is 2.09. The molecule has 23 heavy (non-hydrogen) atoms. The summed E-state index contributed by atoms with van der Waals surface area (Å²) >= 11 is 1.60. The van der Waals surface area contributed by atoms with Gasteiger partial charge in [-0.2, -0.15) is 0 Å². The van der Waals surface area contributed by atoms with E-state index in [1.165, 1.54) is 0 Å². The van der Waals surface area contributed by atoms with Crippen LogP contribution < -0.4 is 10.6 Å². The van der Waals surface area contributed by atoms with Crippen LogP contribution in [0.25, 0.3) is 0 Å². The SMILES string of the molecule is CCCCNC(=O)C(=O)c1cccc2c1Nc1ccccc1S2. The largest absolute Gasteiger partial charge is 0.353 e. The molecule has 0 radical (unpaired) electrons. The molecule has 1 aliphatic heterocycles. The lowest BCUT2D eigenvalue weighted by molar-refractivity contribution is -0.117. The third-order valence-corrected chi connectivity index (χ3v) is 4.80. The molecular weight excluding hydrogens is 308 g/mol. The molecule has 0 unspecified atom stereocenters. The van der Waals surface area contributed by atoms with Gasteiger partial charge >= 0.3 is 0 Å². The molecule has 0 fully saturated rings. The Morgan fingerprint density at radius 3 is 2.70 bits per heavy atom. The maximum absolute atomic E-state index is 12.5. The zero-order valence-corrected chi connectivity index (χ0v) is 13.7. The quantitative estimate of drug-likeness (QED) is 0.423. The fourth-order valence-corrected chi connectivity index (χ4v) is 3.45. The van der Waals surface area contributed by atoms with E-state index in [0.29, 0.717) is 17.8 Å². The van der Waals surface area contributed by atoms with Gasteiger partial charge in [0.15, 0.2) is 0 Å². The minimum absolute atomic E-state index is 0.415. The summed E-state index contributed by atoms with van der Waals surface area (Å²) in [7, 11) is 0. The van der Waals surface area contributed by atoms with E-state index in [-0.39, 0.29) is 0 Å². The lowest BCUT2D eigenvalue weighted by Crippen LogP contribution is -2.32. The highest BCUT2D eigenvalue weighted by atomic mass is 32.2. The summed E-state index contributed by atoms with van der Waals surface area (Å²) in [5, 5.41) is 5.98. The minimum Gasteiger partial charge on any atom is -0.353 e. The number of anilines is 2. The molecule has 1 aliphatic rings. The fourth-order valence-electron chi connectivity index (χ4n) is 2.43. The lowest BCUT2D eigenvalue weighted by Gasteiger charge is -2.22. The molecular formula is C18H18N2O2S. The summed E-state index contributed by atoms with van der Waals surface area (Å²) < 4.78 is 0. The highest BCUT2D eigenvalue weighted by molar-refractivity contribution is 7.99. The van der Waals surface area contributed by atoms with Gasteiger partial charge in [-0.1, -0.05) is 43.3 Å². The van der Waals surface area contributed by atoms with Gasteiger partial charge in [0, 0.05) is 16.3 Å². The molecule has 0 aromatic heterocycles. The van der Waals surface area contributed by atoms with Crippen LogP contribution in [0.15, 0.2) is 52.3 Å². The Balaban J connectivity index is 1.86. The summed E-state index contributed by atoms with van der Waals surface area (Å²) in [4.78, 5) is 26.6. The first-order valence-corrected chi connectivity index (χ1v) is 8.52. The fraction of sp³-hybridized carbons (Fsp3) is 0.222. The van der Waals surface area contributed by atoms with Crippen molar-refractivity contribution in [2.24, 2.45) is 0 Å². The Bertz CT molecular complexity index is 758. The smallest absolute Gasteiger partial charge is 0.292 e. The molecule has 2 aromatic rings. The molecule has 0 atom stereocenters. The van der Waals surface area contributed by atoms with Crippen molar-refractivity contribution < 1.29 is 9.59 Å². The van der Waals surface area contributed by atoms with E-state index in [4.69, 9.17) is 0 Å². The molecule has 5 heteroatoms. The Kier molecular flexibility index (Phi) is 4.67. The van der Waals surface area contributed by atoms with E-state index in [1.54, 1.807) is 17.8 Å². The number of amides is 1. The molecule has 4 nitrogen and oxygen atoms in total. The van der Waals surface area contributed by atoms with Gasteiger partial charge in [0.25, 0.3) is 11.7 Å². The summed E-state index contributed by atoms with van der Waals surface area (Å²) in [5.74, 6) is -1.04. The summed E-state index contributed by atoms with van der Waals surface area (Å²) in [6.45, 7) is 2.57.